The summed E-state index contributed by atoms with van der Waals surface area (Å²) >= 11 is 0. The van der Waals surface area contributed by atoms with Gasteiger partial charge in [0.05, 0.1) is 7.11 Å². The Morgan fingerprint density at radius 1 is 0.903 bits per heavy atom. The lowest BCUT2D eigenvalue weighted by molar-refractivity contribution is -0.145. The first-order valence-corrected chi connectivity index (χ1v) is 10.2. The van der Waals surface area contributed by atoms with Gasteiger partial charge in [-0.3, -0.25) is 9.59 Å². The second-order valence-corrected chi connectivity index (χ2v) is 7.63. The molecule has 166 valence electrons. The average Bonchev–Trinajstić information content (AvgIpc) is 2.76. The number of hydrogen-bond donors (Lipinski definition) is 2. The summed E-state index contributed by atoms with van der Waals surface area (Å²) in [6.07, 6.45) is 0.252. The number of nitrogens with one attached hydrogen (secondary N) is 2. The number of hydrogen-bond acceptors (Lipinski definition) is 5. The Morgan fingerprint density at radius 3 is 2.10 bits per heavy atom. The molecule has 2 aromatic rings. The fraction of sp³-hybridized carbons (Fsp3) is 0.375. The zero-order chi connectivity index (χ0) is 22.8. The van der Waals surface area contributed by atoms with Crippen molar-refractivity contribution in [2.24, 2.45) is 5.92 Å². The first kappa shape index (κ1) is 23.9. The quantitative estimate of drug-likeness (QED) is 0.570. The number of carbonyl (C=O) groups is 3. The van der Waals surface area contributed by atoms with Crippen LogP contribution in [-0.4, -0.2) is 37.0 Å². The van der Waals surface area contributed by atoms with E-state index in [0.29, 0.717) is 12.4 Å². The van der Waals surface area contributed by atoms with Crippen molar-refractivity contribution in [2.45, 2.75) is 45.9 Å². The highest BCUT2D eigenvalue weighted by atomic mass is 16.5. The van der Waals surface area contributed by atoms with Gasteiger partial charge in [-0.05, 0) is 29.2 Å². The lowest BCUT2D eigenvalue weighted by atomic mass is 10.0. The van der Waals surface area contributed by atoms with E-state index in [4.69, 9.17) is 9.47 Å². The molecule has 0 saturated carbocycles. The standard InChI is InChI=1S/C24H30N2O5/c1-16(2)22(25-17(3)27)23(28)26-21(24(29)30-4)14-18-10-12-20(13-11-18)31-15-19-8-6-5-7-9-19/h5-13,16,21-22H,14-15H2,1-4H3,(H,25,27)(H,26,28)/t21-,22+/m0/s1. The van der Waals surface area contributed by atoms with Gasteiger partial charge < -0.3 is 20.1 Å². The second-order valence-electron chi connectivity index (χ2n) is 7.63. The van der Waals surface area contributed by atoms with Crippen LogP contribution in [0.5, 0.6) is 5.75 Å². The summed E-state index contributed by atoms with van der Waals surface area (Å²) < 4.78 is 10.6. The predicted molar refractivity (Wildman–Crippen MR) is 117 cm³/mol. The van der Waals surface area contributed by atoms with Crippen molar-refractivity contribution < 1.29 is 23.9 Å². The van der Waals surface area contributed by atoms with Crippen LogP contribution in [0.25, 0.3) is 0 Å². The number of ether oxygens (including phenoxy) is 2. The molecule has 7 heteroatoms. The van der Waals surface area contributed by atoms with Gasteiger partial charge in [0.2, 0.25) is 11.8 Å². The lowest BCUT2D eigenvalue weighted by Crippen LogP contribution is -2.54. The minimum atomic E-state index is -0.872. The molecule has 0 saturated heterocycles. The van der Waals surface area contributed by atoms with Gasteiger partial charge in [-0.25, -0.2) is 4.79 Å². The van der Waals surface area contributed by atoms with Crippen LogP contribution in [0, 0.1) is 5.92 Å². The SMILES string of the molecule is COC(=O)[C@H](Cc1ccc(OCc2ccccc2)cc1)NC(=O)[C@H](NC(C)=O)C(C)C. The zero-order valence-electron chi connectivity index (χ0n) is 18.4. The molecular formula is C24H30N2O5. The number of methoxy groups -OCH3 is 1. The fourth-order valence-corrected chi connectivity index (χ4v) is 3.05. The Hall–Kier alpha value is -3.35. The summed E-state index contributed by atoms with van der Waals surface area (Å²) in [5.74, 6) is -0.721. The van der Waals surface area contributed by atoms with E-state index in [-0.39, 0.29) is 18.2 Å². The highest BCUT2D eigenvalue weighted by Gasteiger charge is 2.28. The third kappa shape index (κ3) is 7.77. The Labute approximate surface area is 183 Å². The molecule has 2 aromatic carbocycles. The molecule has 7 nitrogen and oxygen atoms in total. The third-order valence-electron chi connectivity index (χ3n) is 4.72. The van der Waals surface area contributed by atoms with Crippen LogP contribution in [0.1, 0.15) is 31.9 Å². The summed E-state index contributed by atoms with van der Waals surface area (Å²) in [7, 11) is 1.27. The van der Waals surface area contributed by atoms with Crippen LogP contribution in [0.2, 0.25) is 0 Å². The topological polar surface area (TPSA) is 93.7 Å². The van der Waals surface area contributed by atoms with Gasteiger partial charge >= 0.3 is 5.97 Å². The lowest BCUT2D eigenvalue weighted by Gasteiger charge is -2.24. The Morgan fingerprint density at radius 2 is 1.55 bits per heavy atom. The summed E-state index contributed by atoms with van der Waals surface area (Å²) in [4.78, 5) is 36.3. The van der Waals surface area contributed by atoms with Crippen molar-refractivity contribution in [3.63, 3.8) is 0 Å². The van der Waals surface area contributed by atoms with Gasteiger partial charge in [-0.15, -0.1) is 0 Å². The molecule has 2 N–H and O–H groups in total. The highest BCUT2D eigenvalue weighted by molar-refractivity contribution is 5.90. The minimum absolute atomic E-state index is 0.136. The van der Waals surface area contributed by atoms with E-state index < -0.39 is 24.0 Å². The van der Waals surface area contributed by atoms with Crippen LogP contribution in [-0.2, 0) is 32.1 Å². The maximum absolute atomic E-state index is 12.7. The van der Waals surface area contributed by atoms with Crippen molar-refractivity contribution in [3.8, 4) is 5.75 Å². The molecule has 0 bridgehead atoms. The van der Waals surface area contributed by atoms with Crippen molar-refractivity contribution in [2.75, 3.05) is 7.11 Å². The first-order chi connectivity index (χ1) is 14.8. The summed E-state index contributed by atoms with van der Waals surface area (Å²) in [6, 6.07) is 15.6. The van der Waals surface area contributed by atoms with Crippen LogP contribution < -0.4 is 15.4 Å². The zero-order valence-corrected chi connectivity index (χ0v) is 18.4. The summed E-state index contributed by atoms with van der Waals surface area (Å²) in [5.41, 5.74) is 1.90. The molecule has 2 amide bonds. The average molecular weight is 427 g/mol. The molecule has 2 atom stereocenters. The molecule has 0 aliphatic carbocycles. The van der Waals surface area contributed by atoms with Crippen LogP contribution in [0.4, 0.5) is 0 Å². The molecule has 0 aliphatic rings. The van der Waals surface area contributed by atoms with Gasteiger partial charge in [0.25, 0.3) is 0 Å². The van der Waals surface area contributed by atoms with Crippen LogP contribution in [0.3, 0.4) is 0 Å². The van der Waals surface area contributed by atoms with E-state index in [1.165, 1.54) is 14.0 Å². The van der Waals surface area contributed by atoms with Crippen LogP contribution >= 0.6 is 0 Å². The number of rotatable bonds is 10. The van der Waals surface area contributed by atoms with Gasteiger partial charge in [-0.1, -0.05) is 56.3 Å². The van der Waals surface area contributed by atoms with E-state index in [1.807, 2.05) is 68.4 Å². The molecule has 0 aromatic heterocycles. The molecule has 0 heterocycles. The Kier molecular flexibility index (Phi) is 9.06. The molecule has 0 fully saturated rings. The summed E-state index contributed by atoms with van der Waals surface area (Å²) in [6.45, 7) is 5.45. The Bertz CT molecular complexity index is 865. The molecule has 31 heavy (non-hydrogen) atoms. The highest BCUT2D eigenvalue weighted by Crippen LogP contribution is 2.16. The maximum atomic E-state index is 12.7. The second kappa shape index (κ2) is 11.7. The summed E-state index contributed by atoms with van der Waals surface area (Å²) in [5, 5.41) is 5.33. The molecule has 0 aliphatic heterocycles. The number of esters is 1. The Balaban J connectivity index is 2.02. The predicted octanol–water partition coefficient (Wildman–Crippen LogP) is 2.63. The van der Waals surface area contributed by atoms with Gasteiger partial charge in [0, 0.05) is 13.3 Å². The normalized spacial score (nSPS) is 12.5. The maximum Gasteiger partial charge on any atom is 0.328 e. The molecule has 0 unspecified atom stereocenters. The van der Waals surface area contributed by atoms with Crippen molar-refractivity contribution in [1.29, 1.82) is 0 Å². The first-order valence-electron chi connectivity index (χ1n) is 10.2. The van der Waals surface area contributed by atoms with Crippen molar-refractivity contribution in [1.82, 2.24) is 10.6 Å². The molecular weight excluding hydrogens is 396 g/mol. The van der Waals surface area contributed by atoms with E-state index in [1.54, 1.807) is 0 Å². The van der Waals surface area contributed by atoms with Gasteiger partial charge in [0.1, 0.15) is 24.4 Å². The largest absolute Gasteiger partial charge is 0.489 e. The molecule has 2 rings (SSSR count). The monoisotopic (exact) mass is 426 g/mol. The third-order valence-corrected chi connectivity index (χ3v) is 4.72. The van der Waals surface area contributed by atoms with Crippen molar-refractivity contribution >= 4 is 17.8 Å². The minimum Gasteiger partial charge on any atom is -0.489 e. The molecule has 0 spiro atoms. The number of benzene rings is 2. The van der Waals surface area contributed by atoms with E-state index >= 15 is 0 Å². The van der Waals surface area contributed by atoms with E-state index in [0.717, 1.165) is 11.1 Å². The molecule has 0 radical (unpaired) electrons. The van der Waals surface area contributed by atoms with Gasteiger partial charge in [-0.2, -0.15) is 0 Å². The van der Waals surface area contributed by atoms with E-state index in [2.05, 4.69) is 10.6 Å². The van der Waals surface area contributed by atoms with E-state index in [9.17, 15) is 14.4 Å². The smallest absolute Gasteiger partial charge is 0.328 e. The number of amides is 2. The van der Waals surface area contributed by atoms with Crippen LogP contribution in [0.15, 0.2) is 54.6 Å². The fourth-order valence-electron chi connectivity index (χ4n) is 3.05. The van der Waals surface area contributed by atoms with Gasteiger partial charge in [0.15, 0.2) is 0 Å². The van der Waals surface area contributed by atoms with Crippen molar-refractivity contribution in [3.05, 3.63) is 65.7 Å². The number of carbonyl (C=O) groups excluding carboxylic acids is 3.